The van der Waals surface area contributed by atoms with Crippen LogP contribution in [0, 0.1) is 10.1 Å². The summed E-state index contributed by atoms with van der Waals surface area (Å²) in [6, 6.07) is 0. The number of aliphatic hydroxyl groups is 1. The topological polar surface area (TPSA) is 89.7 Å². The quantitative estimate of drug-likeness (QED) is 0.307. The van der Waals surface area contributed by atoms with E-state index in [1.165, 1.54) is 0 Å². The third kappa shape index (κ3) is 0.790. The fraction of sp³-hybridized carbons (Fsp3) is 0.250. The van der Waals surface area contributed by atoms with Gasteiger partial charge in [0.15, 0.2) is 6.61 Å². The van der Waals surface area contributed by atoms with E-state index in [1.54, 1.807) is 0 Å². The molecule has 0 bridgehead atoms. The lowest BCUT2D eigenvalue weighted by molar-refractivity contribution is -0.421. The van der Waals surface area contributed by atoms with Crippen LogP contribution in [0.1, 0.15) is 0 Å². The predicted molar refractivity (Wildman–Crippen MR) is 27.6 cm³/mol. The standard InChI is InChI=1S/C4H3NO5/c6-2-1-10-4(7)3(2)5(8)9/h6H,1H2. The number of nitrogens with zero attached hydrogens (tertiary/aromatic N) is 1. The van der Waals surface area contributed by atoms with Crippen LogP contribution in [0.3, 0.4) is 0 Å². The summed E-state index contributed by atoms with van der Waals surface area (Å²) < 4.78 is 4.13. The molecule has 1 aliphatic rings. The van der Waals surface area contributed by atoms with Gasteiger partial charge in [0.05, 0.1) is 4.92 Å². The van der Waals surface area contributed by atoms with Crippen LogP contribution in [-0.4, -0.2) is 22.6 Å². The van der Waals surface area contributed by atoms with Crippen LogP contribution < -0.4 is 0 Å². The van der Waals surface area contributed by atoms with Crippen molar-refractivity contribution in [1.29, 1.82) is 0 Å². The summed E-state index contributed by atoms with van der Waals surface area (Å²) in [5.74, 6) is -1.70. The molecule has 1 heterocycles. The van der Waals surface area contributed by atoms with Gasteiger partial charge in [-0.1, -0.05) is 0 Å². The van der Waals surface area contributed by atoms with Gasteiger partial charge in [0.2, 0.25) is 5.76 Å². The predicted octanol–water partition coefficient (Wildman–Crippen LogP) is -0.411. The summed E-state index contributed by atoms with van der Waals surface area (Å²) >= 11 is 0. The SMILES string of the molecule is O=C1OCC(O)=C1[N+](=O)[O-]. The van der Waals surface area contributed by atoms with Gasteiger partial charge >= 0.3 is 11.7 Å². The zero-order valence-corrected chi connectivity index (χ0v) is 4.73. The number of carbonyl (C=O) groups excluding carboxylic acids is 1. The summed E-state index contributed by atoms with van der Waals surface area (Å²) in [7, 11) is 0. The summed E-state index contributed by atoms with van der Waals surface area (Å²) in [4.78, 5) is 19.3. The second kappa shape index (κ2) is 1.98. The Labute approximate surface area is 54.9 Å². The smallest absolute Gasteiger partial charge is 0.414 e. The largest absolute Gasteiger partial charge is 0.503 e. The molecule has 0 aromatic rings. The lowest BCUT2D eigenvalue weighted by atomic mass is 10.4. The average Bonchev–Trinajstić information content (AvgIpc) is 2.11. The third-order valence-corrected chi connectivity index (χ3v) is 0.989. The Morgan fingerprint density at radius 1 is 1.70 bits per heavy atom. The van der Waals surface area contributed by atoms with Crippen molar-refractivity contribution in [2.24, 2.45) is 0 Å². The lowest BCUT2D eigenvalue weighted by Gasteiger charge is -1.84. The maximum Gasteiger partial charge on any atom is 0.414 e. The van der Waals surface area contributed by atoms with E-state index in [-0.39, 0.29) is 0 Å². The number of ether oxygens (including phenoxy) is 1. The Kier molecular flexibility index (Phi) is 1.29. The Bertz CT molecular complexity index is 230. The Morgan fingerprint density at radius 2 is 2.30 bits per heavy atom. The molecular weight excluding hydrogens is 142 g/mol. The number of hydrogen-bond acceptors (Lipinski definition) is 5. The minimum absolute atomic E-state index is 0.394. The first kappa shape index (κ1) is 6.53. The maximum atomic E-state index is 10.3. The van der Waals surface area contributed by atoms with Crippen LogP contribution in [-0.2, 0) is 9.53 Å². The first-order valence-electron chi connectivity index (χ1n) is 2.36. The highest BCUT2D eigenvalue weighted by atomic mass is 16.6. The third-order valence-electron chi connectivity index (χ3n) is 0.989. The van der Waals surface area contributed by atoms with Crippen molar-refractivity contribution >= 4 is 5.97 Å². The second-order valence-electron chi connectivity index (χ2n) is 1.63. The molecule has 6 nitrogen and oxygen atoms in total. The van der Waals surface area contributed by atoms with E-state index in [4.69, 9.17) is 5.11 Å². The van der Waals surface area contributed by atoms with Gasteiger partial charge in [-0.3, -0.25) is 10.1 Å². The molecule has 0 amide bonds. The molecule has 0 aromatic heterocycles. The van der Waals surface area contributed by atoms with Gasteiger partial charge in [-0.2, -0.15) is 0 Å². The number of esters is 1. The van der Waals surface area contributed by atoms with Crippen molar-refractivity contribution in [2.45, 2.75) is 0 Å². The van der Waals surface area contributed by atoms with Crippen LogP contribution in [0.4, 0.5) is 0 Å². The molecule has 0 spiro atoms. The summed E-state index contributed by atoms with van der Waals surface area (Å²) in [6.07, 6.45) is 0. The zero-order chi connectivity index (χ0) is 7.72. The summed E-state index contributed by atoms with van der Waals surface area (Å²) in [5, 5.41) is 18.5. The van der Waals surface area contributed by atoms with E-state index in [0.29, 0.717) is 0 Å². The van der Waals surface area contributed by atoms with Gasteiger partial charge in [0.1, 0.15) is 0 Å². The van der Waals surface area contributed by atoms with E-state index in [9.17, 15) is 14.9 Å². The molecule has 0 radical (unpaired) electrons. The summed E-state index contributed by atoms with van der Waals surface area (Å²) in [6.45, 7) is -0.394. The van der Waals surface area contributed by atoms with Crippen molar-refractivity contribution in [1.82, 2.24) is 0 Å². The van der Waals surface area contributed by atoms with Gasteiger partial charge in [0.25, 0.3) is 0 Å². The van der Waals surface area contributed by atoms with E-state index in [2.05, 4.69) is 4.74 Å². The molecule has 0 saturated heterocycles. The number of carbonyl (C=O) groups is 1. The molecule has 1 rings (SSSR count). The van der Waals surface area contributed by atoms with E-state index in [0.717, 1.165) is 0 Å². The van der Waals surface area contributed by atoms with Crippen LogP contribution in [0.15, 0.2) is 11.5 Å². The van der Waals surface area contributed by atoms with E-state index in [1.807, 2.05) is 0 Å². The zero-order valence-electron chi connectivity index (χ0n) is 4.73. The molecule has 0 saturated carbocycles. The Morgan fingerprint density at radius 3 is 2.50 bits per heavy atom. The van der Waals surface area contributed by atoms with Gasteiger partial charge in [0, 0.05) is 0 Å². The molecular formula is C4H3NO5. The fourth-order valence-electron chi connectivity index (χ4n) is 0.568. The van der Waals surface area contributed by atoms with Crippen LogP contribution >= 0.6 is 0 Å². The van der Waals surface area contributed by atoms with Crippen molar-refractivity contribution in [3.8, 4) is 0 Å². The molecule has 1 aliphatic heterocycles. The Balaban J connectivity index is 2.99. The average molecular weight is 145 g/mol. The molecule has 10 heavy (non-hydrogen) atoms. The van der Waals surface area contributed by atoms with Gasteiger partial charge in [-0.05, 0) is 0 Å². The van der Waals surface area contributed by atoms with Crippen molar-refractivity contribution in [3.05, 3.63) is 21.6 Å². The Hall–Kier alpha value is -1.59. The van der Waals surface area contributed by atoms with Crippen molar-refractivity contribution in [3.63, 3.8) is 0 Å². The lowest BCUT2D eigenvalue weighted by Crippen LogP contribution is -2.08. The highest BCUT2D eigenvalue weighted by Crippen LogP contribution is 2.12. The molecule has 54 valence electrons. The van der Waals surface area contributed by atoms with Crippen molar-refractivity contribution < 1.29 is 19.6 Å². The van der Waals surface area contributed by atoms with Crippen molar-refractivity contribution in [2.75, 3.05) is 6.61 Å². The first-order valence-corrected chi connectivity index (χ1v) is 2.36. The maximum absolute atomic E-state index is 10.3. The number of nitro groups is 1. The van der Waals surface area contributed by atoms with Gasteiger partial charge < -0.3 is 9.84 Å². The number of cyclic esters (lactones) is 1. The van der Waals surface area contributed by atoms with Gasteiger partial charge in [-0.25, -0.2) is 4.79 Å². The van der Waals surface area contributed by atoms with E-state index < -0.39 is 29.0 Å². The van der Waals surface area contributed by atoms with Gasteiger partial charge in [-0.15, -0.1) is 0 Å². The molecule has 0 fully saturated rings. The normalized spacial score (nSPS) is 17.4. The number of rotatable bonds is 1. The fourth-order valence-corrected chi connectivity index (χ4v) is 0.568. The number of aliphatic hydroxyl groups excluding tert-OH is 1. The molecule has 0 aliphatic carbocycles. The van der Waals surface area contributed by atoms with Crippen LogP contribution in [0.2, 0.25) is 0 Å². The molecule has 0 unspecified atom stereocenters. The molecule has 0 aromatic carbocycles. The van der Waals surface area contributed by atoms with E-state index >= 15 is 0 Å². The highest BCUT2D eigenvalue weighted by Gasteiger charge is 2.35. The molecule has 1 N–H and O–H groups in total. The second-order valence-corrected chi connectivity index (χ2v) is 1.63. The summed E-state index contributed by atoms with van der Waals surface area (Å²) in [5.41, 5.74) is -0.861. The van der Waals surface area contributed by atoms with Crippen LogP contribution in [0.25, 0.3) is 0 Å². The highest BCUT2D eigenvalue weighted by molar-refractivity contribution is 5.88. The number of hydrogen-bond donors (Lipinski definition) is 1. The first-order chi connectivity index (χ1) is 4.63. The minimum Gasteiger partial charge on any atom is -0.503 e. The monoisotopic (exact) mass is 145 g/mol. The molecule has 6 heteroatoms. The minimum atomic E-state index is -1.08. The van der Waals surface area contributed by atoms with Crippen LogP contribution in [0.5, 0.6) is 0 Å². The molecule has 0 atom stereocenters.